The molecule has 3 aliphatic rings. The first-order valence-corrected chi connectivity index (χ1v) is 31.7. The number of cyclic esters (lactones) is 1. The fourth-order valence-electron chi connectivity index (χ4n) is 12.2. The molecule has 18 heteroatoms. The summed E-state index contributed by atoms with van der Waals surface area (Å²) in [4.78, 5) is 45.3. The van der Waals surface area contributed by atoms with E-state index in [0.29, 0.717) is 19.5 Å². The Morgan fingerprint density at radius 1 is 0.857 bits per heavy atom. The van der Waals surface area contributed by atoms with Gasteiger partial charge in [0.15, 0.2) is 24.8 Å². The maximum atomic E-state index is 14.9. The molecule has 0 radical (unpaired) electrons. The van der Waals surface area contributed by atoms with Crippen molar-refractivity contribution in [2.24, 2.45) is 17.8 Å². The quantitative estimate of drug-likeness (QED) is 0.0399. The molecule has 3 aliphatic heterocycles. The minimum Gasteiger partial charge on any atom is -0.459 e. The Morgan fingerprint density at radius 3 is 2.05 bits per heavy atom. The predicted octanol–water partition coefficient (Wildman–Crippen LogP) is 7.93. The highest BCUT2D eigenvalue weighted by Gasteiger charge is 2.54. The second-order valence-electron chi connectivity index (χ2n) is 24.6. The average Bonchev–Trinajstić information content (AvgIpc) is 3.35. The van der Waals surface area contributed by atoms with Crippen LogP contribution in [0.1, 0.15) is 153 Å². The van der Waals surface area contributed by atoms with Crippen LogP contribution in [0.4, 0.5) is 4.79 Å². The van der Waals surface area contributed by atoms with Gasteiger partial charge >= 0.3 is 18.0 Å². The van der Waals surface area contributed by atoms with Gasteiger partial charge in [0.05, 0.1) is 72.4 Å². The molecular formula is C59H105N3O14P+. The van der Waals surface area contributed by atoms with E-state index in [1.54, 1.807) is 41.5 Å². The van der Waals surface area contributed by atoms with Gasteiger partial charge in [-0.25, -0.2) is 4.79 Å². The maximum absolute atomic E-state index is 14.9. The number of nitrogens with one attached hydrogen (secondary N) is 1. The highest BCUT2D eigenvalue weighted by Crippen LogP contribution is 2.50. The van der Waals surface area contributed by atoms with E-state index in [2.05, 4.69) is 49.0 Å². The van der Waals surface area contributed by atoms with Gasteiger partial charge in [-0.3, -0.25) is 14.5 Å². The first kappa shape index (κ1) is 67.0. The predicted molar refractivity (Wildman–Crippen MR) is 303 cm³/mol. The molecule has 3 saturated heterocycles. The minimum atomic E-state index is -1.89. The smallest absolute Gasteiger partial charge is 0.407 e. The van der Waals surface area contributed by atoms with E-state index in [0.717, 1.165) is 25.7 Å². The molecule has 1 aromatic carbocycles. The molecule has 3 fully saturated rings. The van der Waals surface area contributed by atoms with E-state index in [1.165, 1.54) is 51.2 Å². The van der Waals surface area contributed by atoms with Crippen molar-refractivity contribution in [1.82, 2.24) is 15.1 Å². The van der Waals surface area contributed by atoms with Gasteiger partial charge in [0.25, 0.3) is 0 Å². The summed E-state index contributed by atoms with van der Waals surface area (Å²) in [6.45, 7) is 24.8. The van der Waals surface area contributed by atoms with Crippen LogP contribution >= 0.6 is 7.26 Å². The lowest BCUT2D eigenvalue weighted by Gasteiger charge is -2.49. The summed E-state index contributed by atoms with van der Waals surface area (Å²) in [6, 6.07) is 10.0. The Hall–Kier alpha value is -2.54. The summed E-state index contributed by atoms with van der Waals surface area (Å²) >= 11 is 0. The number of hydrogen-bond donors (Lipinski definition) is 4. The van der Waals surface area contributed by atoms with Gasteiger partial charge in [-0.1, -0.05) is 71.1 Å². The first-order chi connectivity index (χ1) is 36.0. The zero-order valence-electron chi connectivity index (χ0n) is 50.3. The van der Waals surface area contributed by atoms with Crippen molar-refractivity contribution >= 4 is 30.6 Å². The number of ether oxygens (including phenoxy) is 8. The Morgan fingerprint density at radius 2 is 1.47 bits per heavy atom. The number of aliphatic hydroxyl groups is 3. The van der Waals surface area contributed by atoms with Crippen LogP contribution in [0.25, 0.3) is 0 Å². The normalized spacial score (nSPS) is 37.3. The third-order valence-corrected chi connectivity index (χ3v) is 20.2. The molecule has 18 atom stereocenters. The van der Waals surface area contributed by atoms with E-state index in [-0.39, 0.29) is 37.3 Å². The Balaban J connectivity index is 1.58. The van der Waals surface area contributed by atoms with Gasteiger partial charge in [0.1, 0.15) is 17.8 Å². The monoisotopic (exact) mass is 1110 g/mol. The van der Waals surface area contributed by atoms with Crippen LogP contribution < -0.4 is 10.6 Å². The number of unbranched alkanes of at least 4 members (excludes halogenated alkanes) is 7. The number of aliphatic hydroxyl groups excluding tert-OH is 1. The molecule has 3 heterocycles. The zero-order chi connectivity index (χ0) is 57.6. The summed E-state index contributed by atoms with van der Waals surface area (Å²) in [5, 5.41) is 41.3. The van der Waals surface area contributed by atoms with Gasteiger partial charge in [-0.15, -0.1) is 0 Å². The Labute approximate surface area is 464 Å². The molecule has 4 unspecified atom stereocenters. The lowest BCUT2D eigenvalue weighted by Crippen LogP contribution is -2.61. The number of alkyl carbamates (subject to hydrolysis) is 1. The van der Waals surface area contributed by atoms with Crippen molar-refractivity contribution in [3.05, 3.63) is 30.3 Å². The topological polar surface area (TPSA) is 204 Å². The third-order valence-electron chi connectivity index (χ3n) is 17.0. The fraction of sp³-hybridized carbons (Fsp3) is 0.847. The Kier molecular flexibility index (Phi) is 26.1. The molecule has 4 N–H and O–H groups in total. The molecule has 17 nitrogen and oxygen atoms in total. The van der Waals surface area contributed by atoms with Crippen LogP contribution in [0.5, 0.6) is 0 Å². The molecule has 0 bridgehead atoms. The molecule has 77 heavy (non-hydrogen) atoms. The van der Waals surface area contributed by atoms with Crippen molar-refractivity contribution in [2.45, 2.75) is 244 Å². The molecule has 0 aliphatic carbocycles. The molecule has 0 spiro atoms. The van der Waals surface area contributed by atoms with Gasteiger partial charge in [-0.2, -0.15) is 0 Å². The molecule has 0 saturated carbocycles. The number of hydrogen-bond acceptors (Lipinski definition) is 16. The number of esters is 2. The van der Waals surface area contributed by atoms with Crippen molar-refractivity contribution in [2.75, 3.05) is 60.8 Å². The summed E-state index contributed by atoms with van der Waals surface area (Å²) < 4.78 is 51.0. The Bertz CT molecular complexity index is 1950. The summed E-state index contributed by atoms with van der Waals surface area (Å²) in [5.74, 6) is -3.40. The number of rotatable bonds is 21. The second-order valence-corrected chi connectivity index (χ2v) is 29.0. The second kappa shape index (κ2) is 30.0. The van der Waals surface area contributed by atoms with Crippen molar-refractivity contribution in [3.63, 3.8) is 0 Å². The van der Waals surface area contributed by atoms with Crippen LogP contribution in [0.2, 0.25) is 0 Å². The average molecular weight is 1110 g/mol. The largest absolute Gasteiger partial charge is 0.459 e. The van der Waals surface area contributed by atoms with Crippen molar-refractivity contribution < 1.29 is 67.6 Å². The van der Waals surface area contributed by atoms with Crippen LogP contribution in [0.15, 0.2) is 30.3 Å². The SMILES string of the molecule is CC[C@H]1OC(=O)[C@H](C)[C@@H](O[C@H]2C[C@@](C)(OC)[C@@H](O)[C@H](C)O2)[C@H](C)[C@@H](OC2OC(C)CC(N(C)C)C2OC(C)=O)[C@](C)(O)C[C@@H](C)CN(C)[C@H](C)[C@@H](OC(=O)NCCCCCCCCCC[P+](C)(C)c2ccccc2)[C@]1(C)O. The van der Waals surface area contributed by atoms with Gasteiger partial charge in [-0.05, 0) is 126 Å². The highest BCUT2D eigenvalue weighted by atomic mass is 31.2. The minimum absolute atomic E-state index is 0.0919. The maximum Gasteiger partial charge on any atom is 0.407 e. The summed E-state index contributed by atoms with van der Waals surface area (Å²) in [7, 11) is 6.09. The summed E-state index contributed by atoms with van der Waals surface area (Å²) in [5.41, 5.74) is -4.62. The number of likely N-dealkylation sites (N-methyl/N-ethyl adjacent to an activating group) is 2. The highest BCUT2D eigenvalue weighted by molar-refractivity contribution is 7.81. The van der Waals surface area contributed by atoms with Gasteiger partial charge in [0, 0.05) is 52.8 Å². The third kappa shape index (κ3) is 18.7. The molecule has 444 valence electrons. The molecular weight excluding hydrogens is 1010 g/mol. The molecule has 1 aromatic rings. The van der Waals surface area contributed by atoms with Crippen LogP contribution in [0, 0.1) is 17.8 Å². The zero-order valence-corrected chi connectivity index (χ0v) is 51.2. The number of methoxy groups -OCH3 is 1. The van der Waals surface area contributed by atoms with Crippen molar-refractivity contribution in [3.8, 4) is 0 Å². The van der Waals surface area contributed by atoms with E-state index < -0.39 is 115 Å². The van der Waals surface area contributed by atoms with Crippen LogP contribution in [-0.2, 0) is 47.5 Å². The number of carbonyl (C=O) groups excluding carboxylic acids is 3. The molecule has 1 amide bonds. The summed E-state index contributed by atoms with van der Waals surface area (Å²) in [6.07, 6.45) is 0.843. The van der Waals surface area contributed by atoms with Gasteiger partial charge in [0.2, 0.25) is 0 Å². The fourth-order valence-corrected chi connectivity index (χ4v) is 14.5. The van der Waals surface area contributed by atoms with E-state index in [1.807, 2.05) is 58.6 Å². The standard InChI is InChI=1S/C59H104N3O14P/c1-18-47-59(11,68)53(76-56(66)60-32-28-23-21-19-20-22-24-29-33-77(16,17)45-30-26-25-27-31-45)42(6)62(14)37-38(2)35-57(9,67)52(75-55-50(72-44(8)63)46(61(12)13)34-39(3)70-55)40(4)49(41(5)54(65)73-47)74-48-36-58(10,69-15)51(64)43(7)71-48/h25-27,30-31,38-43,46-53,55,64,67-68H,18-24,28-29,32-37H2,1-17H3/p+1/t38-,39?,40+,41-,42-,43+,46?,47-,48+,49+,50?,51+,52-,53-,55?,57-,58-,59-/m1/s1. The van der Waals surface area contributed by atoms with E-state index in [9.17, 15) is 29.7 Å². The lowest BCUT2D eigenvalue weighted by molar-refractivity contribution is -0.318. The van der Waals surface area contributed by atoms with E-state index in [4.69, 9.17) is 37.9 Å². The lowest BCUT2D eigenvalue weighted by atomic mass is 9.77. The first-order valence-electron chi connectivity index (χ1n) is 28.9. The number of carbonyl (C=O) groups is 3. The van der Waals surface area contributed by atoms with Crippen LogP contribution in [0.3, 0.4) is 0 Å². The van der Waals surface area contributed by atoms with Crippen LogP contribution in [-0.4, -0.2) is 194 Å². The molecule has 0 aromatic heterocycles. The van der Waals surface area contributed by atoms with Gasteiger partial charge < -0.3 is 63.4 Å². The number of amides is 1. The molecule has 4 rings (SSSR count). The van der Waals surface area contributed by atoms with E-state index >= 15 is 0 Å². The number of benzene rings is 1. The number of nitrogens with zero attached hydrogens (tertiary/aromatic N) is 2. The van der Waals surface area contributed by atoms with Crippen molar-refractivity contribution in [1.29, 1.82) is 0 Å².